The molecule has 1 aromatic rings. The zero-order valence-corrected chi connectivity index (χ0v) is 12.7. The number of halogens is 2. The van der Waals surface area contributed by atoms with Gasteiger partial charge in [0.1, 0.15) is 5.78 Å². The third-order valence-electron chi connectivity index (χ3n) is 4.71. The van der Waals surface area contributed by atoms with Crippen molar-refractivity contribution in [1.29, 1.82) is 0 Å². The SMILES string of the molecule is CC1(C)C(C(=O)Cc2ccc(Cl)c(Cl)c2)C1(C)C. The van der Waals surface area contributed by atoms with Gasteiger partial charge in [0.15, 0.2) is 0 Å². The van der Waals surface area contributed by atoms with Gasteiger partial charge in [-0.25, -0.2) is 0 Å². The molecule has 18 heavy (non-hydrogen) atoms. The van der Waals surface area contributed by atoms with E-state index in [0.717, 1.165) is 5.56 Å². The second-order valence-corrected chi connectivity index (χ2v) is 7.08. The molecule has 98 valence electrons. The molecule has 0 aromatic heterocycles. The lowest BCUT2D eigenvalue weighted by molar-refractivity contribution is -0.120. The van der Waals surface area contributed by atoms with E-state index in [2.05, 4.69) is 27.7 Å². The Morgan fingerprint density at radius 1 is 1.11 bits per heavy atom. The van der Waals surface area contributed by atoms with Crippen LogP contribution in [0, 0.1) is 16.7 Å². The number of ketones is 1. The van der Waals surface area contributed by atoms with Crippen molar-refractivity contribution in [2.75, 3.05) is 0 Å². The normalized spacial score (nSPS) is 20.8. The van der Waals surface area contributed by atoms with Crippen LogP contribution in [0.1, 0.15) is 33.3 Å². The van der Waals surface area contributed by atoms with E-state index >= 15 is 0 Å². The van der Waals surface area contributed by atoms with Gasteiger partial charge in [-0.15, -0.1) is 0 Å². The quantitative estimate of drug-likeness (QED) is 0.780. The Balaban J connectivity index is 2.12. The van der Waals surface area contributed by atoms with Crippen molar-refractivity contribution in [2.45, 2.75) is 34.1 Å². The van der Waals surface area contributed by atoms with E-state index in [1.54, 1.807) is 12.1 Å². The van der Waals surface area contributed by atoms with Crippen LogP contribution in [-0.2, 0) is 11.2 Å². The Bertz CT molecular complexity index is 489. The smallest absolute Gasteiger partial charge is 0.141 e. The van der Waals surface area contributed by atoms with E-state index in [1.165, 1.54) is 0 Å². The zero-order chi connectivity index (χ0) is 13.7. The van der Waals surface area contributed by atoms with Crippen molar-refractivity contribution in [3.05, 3.63) is 33.8 Å². The molecule has 1 aliphatic rings. The van der Waals surface area contributed by atoms with Gasteiger partial charge >= 0.3 is 0 Å². The second-order valence-electron chi connectivity index (χ2n) is 6.27. The van der Waals surface area contributed by atoms with Crippen molar-refractivity contribution >= 4 is 29.0 Å². The number of hydrogen-bond acceptors (Lipinski definition) is 1. The maximum absolute atomic E-state index is 12.3. The first-order valence-corrected chi connectivity index (χ1v) is 6.90. The molecule has 0 N–H and O–H groups in total. The molecule has 0 spiro atoms. The average molecular weight is 285 g/mol. The lowest BCUT2D eigenvalue weighted by Crippen LogP contribution is -2.10. The van der Waals surface area contributed by atoms with Gasteiger partial charge in [-0.3, -0.25) is 4.79 Å². The highest BCUT2D eigenvalue weighted by atomic mass is 35.5. The maximum Gasteiger partial charge on any atom is 0.141 e. The fourth-order valence-corrected chi connectivity index (χ4v) is 3.27. The van der Waals surface area contributed by atoms with Gasteiger partial charge < -0.3 is 0 Å². The van der Waals surface area contributed by atoms with Gasteiger partial charge in [0.2, 0.25) is 0 Å². The van der Waals surface area contributed by atoms with Gasteiger partial charge in [0.25, 0.3) is 0 Å². The number of carbonyl (C=O) groups is 1. The largest absolute Gasteiger partial charge is 0.299 e. The molecule has 0 aliphatic heterocycles. The van der Waals surface area contributed by atoms with Crippen LogP contribution >= 0.6 is 23.2 Å². The fraction of sp³-hybridized carbons (Fsp3) is 0.533. The summed E-state index contributed by atoms with van der Waals surface area (Å²) in [5.74, 6) is 0.433. The summed E-state index contributed by atoms with van der Waals surface area (Å²) < 4.78 is 0. The first kappa shape index (κ1) is 13.9. The summed E-state index contributed by atoms with van der Waals surface area (Å²) in [6, 6.07) is 5.40. The monoisotopic (exact) mass is 284 g/mol. The van der Waals surface area contributed by atoms with Gasteiger partial charge in [-0.1, -0.05) is 57.0 Å². The maximum atomic E-state index is 12.3. The van der Waals surface area contributed by atoms with E-state index in [4.69, 9.17) is 23.2 Å². The second kappa shape index (κ2) is 4.25. The van der Waals surface area contributed by atoms with Crippen molar-refractivity contribution < 1.29 is 4.79 Å². The van der Waals surface area contributed by atoms with E-state index in [1.807, 2.05) is 6.07 Å². The molecule has 1 nitrogen and oxygen atoms in total. The number of benzene rings is 1. The van der Waals surface area contributed by atoms with Crippen LogP contribution in [0.2, 0.25) is 10.0 Å². The molecule has 0 bridgehead atoms. The number of Topliss-reactive ketones (excluding diaryl/α,β-unsaturated/α-hetero) is 1. The molecule has 1 saturated carbocycles. The van der Waals surface area contributed by atoms with E-state index in [-0.39, 0.29) is 16.7 Å². The van der Waals surface area contributed by atoms with Crippen LogP contribution in [0.5, 0.6) is 0 Å². The summed E-state index contributed by atoms with van der Waals surface area (Å²) in [5, 5.41) is 1.04. The molecule has 0 heterocycles. The molecule has 3 heteroatoms. The van der Waals surface area contributed by atoms with Crippen molar-refractivity contribution in [3.8, 4) is 0 Å². The molecule has 1 aromatic carbocycles. The average Bonchev–Trinajstić information content (AvgIpc) is 2.63. The number of carbonyl (C=O) groups excluding carboxylic acids is 1. The van der Waals surface area contributed by atoms with E-state index in [9.17, 15) is 4.79 Å². The predicted molar refractivity (Wildman–Crippen MR) is 76.2 cm³/mol. The molecule has 0 radical (unpaired) electrons. The van der Waals surface area contributed by atoms with Gasteiger partial charge in [0, 0.05) is 12.3 Å². The summed E-state index contributed by atoms with van der Waals surface area (Å²) in [4.78, 5) is 12.3. The fourth-order valence-electron chi connectivity index (χ4n) is 2.95. The minimum absolute atomic E-state index is 0.0975. The lowest BCUT2D eigenvalue weighted by Gasteiger charge is -2.04. The molecule has 0 atom stereocenters. The number of rotatable bonds is 3. The third kappa shape index (κ3) is 2.08. The van der Waals surface area contributed by atoms with Crippen LogP contribution in [0.3, 0.4) is 0 Å². The van der Waals surface area contributed by atoms with E-state index < -0.39 is 0 Å². The van der Waals surface area contributed by atoms with Gasteiger partial charge in [-0.2, -0.15) is 0 Å². The predicted octanol–water partition coefficient (Wildman–Crippen LogP) is 4.79. The summed E-state index contributed by atoms with van der Waals surface area (Å²) >= 11 is 11.8. The minimum Gasteiger partial charge on any atom is -0.299 e. The molecular weight excluding hydrogens is 267 g/mol. The van der Waals surface area contributed by atoms with Crippen LogP contribution in [-0.4, -0.2) is 5.78 Å². The van der Waals surface area contributed by atoms with Crippen LogP contribution in [0.15, 0.2) is 18.2 Å². The highest BCUT2D eigenvalue weighted by molar-refractivity contribution is 6.42. The topological polar surface area (TPSA) is 17.1 Å². The lowest BCUT2D eigenvalue weighted by atomic mass is 10.0. The Hall–Kier alpha value is -0.530. The molecule has 1 fully saturated rings. The highest BCUT2D eigenvalue weighted by Gasteiger charge is 2.67. The van der Waals surface area contributed by atoms with Gasteiger partial charge in [-0.05, 0) is 28.5 Å². The highest BCUT2D eigenvalue weighted by Crippen LogP contribution is 2.68. The van der Waals surface area contributed by atoms with Crippen LogP contribution < -0.4 is 0 Å². The Morgan fingerprint density at radius 3 is 2.11 bits per heavy atom. The van der Waals surface area contributed by atoms with Gasteiger partial charge in [0.05, 0.1) is 10.0 Å². The van der Waals surface area contributed by atoms with Crippen molar-refractivity contribution in [2.24, 2.45) is 16.7 Å². The zero-order valence-electron chi connectivity index (χ0n) is 11.2. The summed E-state index contributed by atoms with van der Waals surface area (Å²) in [6.45, 7) is 8.63. The molecule has 0 saturated heterocycles. The van der Waals surface area contributed by atoms with Crippen molar-refractivity contribution in [3.63, 3.8) is 0 Å². The third-order valence-corrected chi connectivity index (χ3v) is 5.44. The van der Waals surface area contributed by atoms with Crippen LogP contribution in [0.4, 0.5) is 0 Å². The molecule has 1 aliphatic carbocycles. The summed E-state index contributed by atoms with van der Waals surface area (Å²) in [7, 11) is 0. The molecule has 0 amide bonds. The summed E-state index contributed by atoms with van der Waals surface area (Å²) in [5.41, 5.74) is 1.13. The minimum atomic E-state index is 0.0975. The van der Waals surface area contributed by atoms with E-state index in [0.29, 0.717) is 22.2 Å². The molecular formula is C15H18Cl2O. The number of hydrogen-bond donors (Lipinski definition) is 0. The Morgan fingerprint density at radius 2 is 1.67 bits per heavy atom. The first-order valence-electron chi connectivity index (χ1n) is 6.14. The van der Waals surface area contributed by atoms with Crippen LogP contribution in [0.25, 0.3) is 0 Å². The first-order chi connectivity index (χ1) is 8.18. The molecule has 2 rings (SSSR count). The van der Waals surface area contributed by atoms with Crippen molar-refractivity contribution in [1.82, 2.24) is 0 Å². The standard InChI is InChI=1S/C15H18Cl2O/c1-14(2)13(15(14,3)4)12(18)8-9-5-6-10(16)11(17)7-9/h5-7,13H,8H2,1-4H3. The Labute approximate surface area is 118 Å². The molecule has 0 unspecified atom stereocenters. The Kier molecular flexibility index (Phi) is 3.28. The summed E-state index contributed by atoms with van der Waals surface area (Å²) in [6.07, 6.45) is 0.439.